The van der Waals surface area contributed by atoms with E-state index in [1.54, 1.807) is 6.07 Å². The van der Waals surface area contributed by atoms with Gasteiger partial charge in [0.15, 0.2) is 0 Å². The highest BCUT2D eigenvalue weighted by molar-refractivity contribution is 6.44. The van der Waals surface area contributed by atoms with Crippen molar-refractivity contribution in [2.45, 2.75) is 25.8 Å². The fourth-order valence-electron chi connectivity index (χ4n) is 2.22. The number of nitrogens with one attached hydrogen (secondary N) is 1. The molecule has 0 spiro atoms. The Labute approximate surface area is 129 Å². The van der Waals surface area contributed by atoms with E-state index < -0.39 is 0 Å². The standard InChI is InChI=1S/C14H19Cl2N3O/c1-2-19(10-3-4-10)6-5-18-14(20)11-7-9(17)8-12(15)13(11)16/h7-8,10H,2-6,17H2,1H3,(H,18,20). The summed E-state index contributed by atoms with van der Waals surface area (Å²) in [5, 5.41) is 3.40. The molecule has 0 bridgehead atoms. The van der Waals surface area contributed by atoms with Crippen LogP contribution in [0.1, 0.15) is 30.1 Å². The van der Waals surface area contributed by atoms with Gasteiger partial charge in [-0.2, -0.15) is 0 Å². The van der Waals surface area contributed by atoms with Crippen molar-refractivity contribution in [3.8, 4) is 0 Å². The lowest BCUT2D eigenvalue weighted by molar-refractivity contribution is 0.0948. The molecule has 1 aliphatic rings. The van der Waals surface area contributed by atoms with Crippen molar-refractivity contribution in [2.75, 3.05) is 25.4 Å². The number of hydrogen-bond donors (Lipinski definition) is 2. The maximum Gasteiger partial charge on any atom is 0.252 e. The van der Waals surface area contributed by atoms with Crippen molar-refractivity contribution in [1.29, 1.82) is 0 Å². The zero-order valence-corrected chi connectivity index (χ0v) is 13.0. The van der Waals surface area contributed by atoms with E-state index in [1.807, 2.05) is 0 Å². The number of carbonyl (C=O) groups is 1. The minimum Gasteiger partial charge on any atom is -0.399 e. The second-order valence-corrected chi connectivity index (χ2v) is 5.77. The molecule has 1 aromatic rings. The summed E-state index contributed by atoms with van der Waals surface area (Å²) >= 11 is 12.0. The fourth-order valence-corrected chi connectivity index (χ4v) is 2.64. The molecule has 2 rings (SSSR count). The fraction of sp³-hybridized carbons (Fsp3) is 0.500. The number of halogens is 2. The molecule has 1 amide bonds. The predicted octanol–water partition coefficient (Wildman–Crippen LogP) is 2.79. The number of benzene rings is 1. The molecule has 1 aliphatic carbocycles. The highest BCUT2D eigenvalue weighted by atomic mass is 35.5. The first-order valence-electron chi connectivity index (χ1n) is 6.79. The van der Waals surface area contributed by atoms with E-state index in [2.05, 4.69) is 17.1 Å². The highest BCUT2D eigenvalue weighted by Gasteiger charge is 2.27. The Morgan fingerprint density at radius 1 is 1.45 bits per heavy atom. The smallest absolute Gasteiger partial charge is 0.252 e. The van der Waals surface area contributed by atoms with E-state index >= 15 is 0 Å². The quantitative estimate of drug-likeness (QED) is 0.794. The molecule has 1 fully saturated rings. The van der Waals surface area contributed by atoms with Crippen LogP contribution in [0.25, 0.3) is 0 Å². The normalized spacial score (nSPS) is 14.6. The summed E-state index contributed by atoms with van der Waals surface area (Å²) in [5.74, 6) is -0.240. The zero-order chi connectivity index (χ0) is 14.7. The third kappa shape index (κ3) is 3.78. The van der Waals surface area contributed by atoms with Gasteiger partial charge in [-0.3, -0.25) is 9.69 Å². The van der Waals surface area contributed by atoms with Gasteiger partial charge in [0.25, 0.3) is 5.91 Å². The van der Waals surface area contributed by atoms with Crippen LogP contribution < -0.4 is 11.1 Å². The van der Waals surface area contributed by atoms with Gasteiger partial charge in [-0.1, -0.05) is 30.1 Å². The Kier molecular flexibility index (Phi) is 5.13. The van der Waals surface area contributed by atoms with E-state index in [4.69, 9.17) is 28.9 Å². The lowest BCUT2D eigenvalue weighted by atomic mass is 10.2. The SMILES string of the molecule is CCN(CCNC(=O)c1cc(N)cc(Cl)c1Cl)C1CC1. The van der Waals surface area contributed by atoms with E-state index in [0.717, 1.165) is 13.1 Å². The molecule has 0 aliphatic heterocycles. The number of hydrogen-bond acceptors (Lipinski definition) is 3. The van der Waals surface area contributed by atoms with Crippen molar-refractivity contribution in [1.82, 2.24) is 10.2 Å². The lowest BCUT2D eigenvalue weighted by Crippen LogP contribution is -2.36. The molecule has 0 saturated heterocycles. The van der Waals surface area contributed by atoms with Crippen LogP contribution in [0.2, 0.25) is 10.0 Å². The summed E-state index contributed by atoms with van der Waals surface area (Å²) in [4.78, 5) is 14.5. The van der Waals surface area contributed by atoms with Crippen LogP contribution in [0.15, 0.2) is 12.1 Å². The van der Waals surface area contributed by atoms with Crippen molar-refractivity contribution in [3.63, 3.8) is 0 Å². The first-order chi connectivity index (χ1) is 9.52. The van der Waals surface area contributed by atoms with Crippen LogP contribution in [0.4, 0.5) is 5.69 Å². The maximum atomic E-state index is 12.1. The molecule has 0 atom stereocenters. The Morgan fingerprint density at radius 2 is 2.15 bits per heavy atom. The molecule has 0 radical (unpaired) electrons. The van der Waals surface area contributed by atoms with Gasteiger partial charge in [-0.15, -0.1) is 0 Å². The van der Waals surface area contributed by atoms with Gasteiger partial charge in [0, 0.05) is 24.8 Å². The van der Waals surface area contributed by atoms with Gasteiger partial charge >= 0.3 is 0 Å². The van der Waals surface area contributed by atoms with E-state index in [1.165, 1.54) is 18.9 Å². The van der Waals surface area contributed by atoms with Gasteiger partial charge in [0.1, 0.15) is 0 Å². The van der Waals surface area contributed by atoms with Gasteiger partial charge in [0.2, 0.25) is 0 Å². The first-order valence-corrected chi connectivity index (χ1v) is 7.55. The summed E-state index contributed by atoms with van der Waals surface area (Å²) in [7, 11) is 0. The Hall–Kier alpha value is -0.970. The topological polar surface area (TPSA) is 58.4 Å². The molecule has 0 aromatic heterocycles. The third-order valence-corrected chi connectivity index (χ3v) is 4.25. The van der Waals surface area contributed by atoms with Crippen LogP contribution in [-0.2, 0) is 0 Å². The zero-order valence-electron chi connectivity index (χ0n) is 11.5. The van der Waals surface area contributed by atoms with Crippen molar-refractivity contribution >= 4 is 34.8 Å². The number of nitrogens with zero attached hydrogens (tertiary/aromatic N) is 1. The molecule has 0 unspecified atom stereocenters. The van der Waals surface area contributed by atoms with E-state index in [0.29, 0.717) is 28.9 Å². The Bertz CT molecular complexity index is 503. The summed E-state index contributed by atoms with van der Waals surface area (Å²) in [6.07, 6.45) is 2.52. The number of rotatable bonds is 6. The van der Waals surface area contributed by atoms with Crippen molar-refractivity contribution in [3.05, 3.63) is 27.7 Å². The summed E-state index contributed by atoms with van der Waals surface area (Å²) in [5.41, 5.74) is 6.43. The summed E-state index contributed by atoms with van der Waals surface area (Å²) < 4.78 is 0. The van der Waals surface area contributed by atoms with Gasteiger partial charge in [0.05, 0.1) is 15.6 Å². The summed E-state index contributed by atoms with van der Waals surface area (Å²) in [6.45, 7) is 4.58. The lowest BCUT2D eigenvalue weighted by Gasteiger charge is -2.19. The second kappa shape index (κ2) is 6.66. The van der Waals surface area contributed by atoms with Crippen LogP contribution in [-0.4, -0.2) is 36.5 Å². The summed E-state index contributed by atoms with van der Waals surface area (Å²) in [6, 6.07) is 3.77. The Balaban J connectivity index is 1.91. The van der Waals surface area contributed by atoms with E-state index in [9.17, 15) is 4.79 Å². The van der Waals surface area contributed by atoms with Crippen LogP contribution >= 0.6 is 23.2 Å². The molecule has 20 heavy (non-hydrogen) atoms. The number of likely N-dealkylation sites (N-methyl/N-ethyl adjacent to an activating group) is 1. The van der Waals surface area contributed by atoms with Crippen LogP contribution in [0.5, 0.6) is 0 Å². The molecule has 6 heteroatoms. The molecular weight excluding hydrogens is 297 g/mol. The third-order valence-electron chi connectivity index (χ3n) is 3.45. The number of anilines is 1. The minimum atomic E-state index is -0.240. The van der Waals surface area contributed by atoms with Gasteiger partial charge in [-0.25, -0.2) is 0 Å². The molecule has 0 heterocycles. The first kappa shape index (κ1) is 15.4. The molecule has 1 aromatic carbocycles. The average molecular weight is 316 g/mol. The molecule has 4 nitrogen and oxygen atoms in total. The average Bonchev–Trinajstić information content (AvgIpc) is 3.23. The van der Waals surface area contributed by atoms with E-state index in [-0.39, 0.29) is 10.9 Å². The molecule has 1 saturated carbocycles. The minimum absolute atomic E-state index is 0.240. The van der Waals surface area contributed by atoms with Crippen molar-refractivity contribution < 1.29 is 4.79 Å². The number of carbonyl (C=O) groups excluding carboxylic acids is 1. The van der Waals surface area contributed by atoms with Crippen molar-refractivity contribution in [2.24, 2.45) is 0 Å². The number of nitrogen functional groups attached to an aromatic ring is 1. The highest BCUT2D eigenvalue weighted by Crippen LogP contribution is 2.28. The maximum absolute atomic E-state index is 12.1. The van der Waals surface area contributed by atoms with Gasteiger partial charge in [-0.05, 0) is 31.5 Å². The largest absolute Gasteiger partial charge is 0.399 e. The molecule has 110 valence electrons. The monoisotopic (exact) mass is 315 g/mol. The number of nitrogens with two attached hydrogens (primary N) is 1. The van der Waals surface area contributed by atoms with Crippen LogP contribution in [0.3, 0.4) is 0 Å². The Morgan fingerprint density at radius 3 is 2.75 bits per heavy atom. The number of amides is 1. The predicted molar refractivity (Wildman–Crippen MR) is 83.5 cm³/mol. The molecule has 3 N–H and O–H groups in total. The van der Waals surface area contributed by atoms with Gasteiger partial charge < -0.3 is 11.1 Å². The second-order valence-electron chi connectivity index (χ2n) is 4.98. The molecular formula is C14H19Cl2N3O. The van der Waals surface area contributed by atoms with Crippen LogP contribution in [0, 0.1) is 0 Å².